The molecule has 1 aliphatic heterocycles. The van der Waals surface area contributed by atoms with Gasteiger partial charge in [0.2, 0.25) is 0 Å². The van der Waals surface area contributed by atoms with E-state index in [-0.39, 0.29) is 11.9 Å². The van der Waals surface area contributed by atoms with Crippen molar-refractivity contribution in [3.05, 3.63) is 33.4 Å². The maximum atomic E-state index is 12.0. The molecule has 1 heterocycles. The van der Waals surface area contributed by atoms with Crippen molar-refractivity contribution in [2.75, 3.05) is 13.1 Å². The van der Waals surface area contributed by atoms with Gasteiger partial charge in [0, 0.05) is 21.7 Å². The van der Waals surface area contributed by atoms with Crippen molar-refractivity contribution in [1.29, 1.82) is 0 Å². The Kier molecular flexibility index (Phi) is 4.39. The number of nitrogens with one attached hydrogen (secondary N) is 2. The lowest BCUT2D eigenvalue weighted by atomic mass is 9.97. The summed E-state index contributed by atoms with van der Waals surface area (Å²) in [7, 11) is 0. The van der Waals surface area contributed by atoms with Gasteiger partial charge in [-0.2, -0.15) is 0 Å². The molecule has 17 heavy (non-hydrogen) atoms. The molecule has 1 amide bonds. The summed E-state index contributed by atoms with van der Waals surface area (Å²) in [6.07, 6.45) is 1.06. The maximum Gasteiger partial charge on any atom is 0.251 e. The van der Waals surface area contributed by atoms with Crippen molar-refractivity contribution in [2.45, 2.75) is 19.4 Å². The van der Waals surface area contributed by atoms with Crippen LogP contribution in [0.4, 0.5) is 0 Å². The Morgan fingerprint density at radius 1 is 1.35 bits per heavy atom. The summed E-state index contributed by atoms with van der Waals surface area (Å²) in [4.78, 5) is 12.0. The van der Waals surface area contributed by atoms with Crippen molar-refractivity contribution in [3.8, 4) is 0 Å². The van der Waals surface area contributed by atoms with E-state index in [9.17, 15) is 4.79 Å². The van der Waals surface area contributed by atoms with Gasteiger partial charge < -0.3 is 10.6 Å². The zero-order chi connectivity index (χ0) is 12.3. The number of piperidine rings is 1. The molecule has 0 spiro atoms. The molecule has 0 bridgehead atoms. The molecule has 1 aliphatic rings. The van der Waals surface area contributed by atoms with Gasteiger partial charge >= 0.3 is 0 Å². The van der Waals surface area contributed by atoms with Crippen LogP contribution in [-0.2, 0) is 0 Å². The molecule has 0 aromatic heterocycles. The first kappa shape index (κ1) is 12.8. The number of hydrogen-bond acceptors (Lipinski definition) is 2. The lowest BCUT2D eigenvalue weighted by molar-refractivity contribution is 0.0925. The van der Waals surface area contributed by atoms with Crippen LogP contribution in [0.1, 0.15) is 23.7 Å². The van der Waals surface area contributed by atoms with E-state index in [0.29, 0.717) is 5.92 Å². The Hall–Kier alpha value is -0.620. The summed E-state index contributed by atoms with van der Waals surface area (Å²) in [5.74, 6) is 0.660. The predicted molar refractivity (Wildman–Crippen MR) is 77.1 cm³/mol. The minimum absolute atomic E-state index is 0.0299. The molecule has 2 rings (SSSR count). The van der Waals surface area contributed by atoms with Gasteiger partial charge in [-0.3, -0.25) is 4.79 Å². The topological polar surface area (TPSA) is 41.1 Å². The second-order valence-electron chi connectivity index (χ2n) is 4.68. The minimum atomic E-state index is 0.0299. The van der Waals surface area contributed by atoms with E-state index in [4.69, 9.17) is 0 Å². The molecule has 0 radical (unpaired) electrons. The highest BCUT2D eigenvalue weighted by atomic mass is 127. The third-order valence-electron chi connectivity index (χ3n) is 3.01. The van der Waals surface area contributed by atoms with Gasteiger partial charge in [0.25, 0.3) is 5.91 Å². The number of hydrogen-bond donors (Lipinski definition) is 2. The number of benzene rings is 1. The fraction of sp³-hybridized carbons (Fsp3) is 0.462. The number of amides is 1. The fourth-order valence-corrected chi connectivity index (χ4v) is 2.50. The molecule has 1 aromatic rings. The van der Waals surface area contributed by atoms with Crippen LogP contribution in [0, 0.1) is 9.49 Å². The molecule has 0 saturated carbocycles. The van der Waals surface area contributed by atoms with Crippen molar-refractivity contribution in [2.24, 2.45) is 5.92 Å². The Balaban J connectivity index is 1.94. The fourth-order valence-electron chi connectivity index (χ4n) is 2.14. The zero-order valence-corrected chi connectivity index (χ0v) is 12.0. The molecular weight excluding hydrogens is 327 g/mol. The number of carbonyl (C=O) groups excluding carboxylic acids is 1. The Morgan fingerprint density at radius 2 is 2.06 bits per heavy atom. The molecule has 1 aromatic carbocycles. The second kappa shape index (κ2) is 5.82. The van der Waals surface area contributed by atoms with Gasteiger partial charge in [0.05, 0.1) is 0 Å². The summed E-state index contributed by atoms with van der Waals surface area (Å²) in [5.41, 5.74) is 0.739. The van der Waals surface area contributed by atoms with Gasteiger partial charge in [0.15, 0.2) is 0 Å². The largest absolute Gasteiger partial charge is 0.348 e. The normalized spacial score (nSPS) is 24.4. The van der Waals surface area contributed by atoms with E-state index in [0.717, 1.165) is 28.6 Å². The maximum absolute atomic E-state index is 12.0. The van der Waals surface area contributed by atoms with Gasteiger partial charge in [-0.05, 0) is 65.7 Å². The summed E-state index contributed by atoms with van der Waals surface area (Å²) < 4.78 is 1.15. The van der Waals surface area contributed by atoms with E-state index in [1.807, 2.05) is 24.3 Å². The third-order valence-corrected chi connectivity index (χ3v) is 3.73. The summed E-state index contributed by atoms with van der Waals surface area (Å²) in [5, 5.41) is 6.42. The second-order valence-corrected chi connectivity index (χ2v) is 5.92. The first-order valence-corrected chi connectivity index (χ1v) is 7.00. The molecule has 0 aliphatic carbocycles. The van der Waals surface area contributed by atoms with Gasteiger partial charge in [0.1, 0.15) is 0 Å². The highest BCUT2D eigenvalue weighted by Gasteiger charge is 2.20. The zero-order valence-electron chi connectivity index (χ0n) is 9.87. The number of rotatable bonds is 2. The standard InChI is InChI=1S/C13H17IN2O/c1-9-6-12(8-15-7-9)16-13(17)10-2-4-11(14)5-3-10/h2-5,9,12,15H,6-8H2,1H3,(H,16,17). The van der Waals surface area contributed by atoms with Crippen molar-refractivity contribution in [1.82, 2.24) is 10.6 Å². The summed E-state index contributed by atoms with van der Waals surface area (Å²) in [6.45, 7) is 4.13. The quantitative estimate of drug-likeness (QED) is 0.806. The average molecular weight is 344 g/mol. The van der Waals surface area contributed by atoms with Crippen molar-refractivity contribution < 1.29 is 4.79 Å². The minimum Gasteiger partial charge on any atom is -0.348 e. The Bertz CT molecular complexity index is 391. The summed E-state index contributed by atoms with van der Waals surface area (Å²) >= 11 is 2.24. The Morgan fingerprint density at radius 3 is 2.71 bits per heavy atom. The molecule has 2 N–H and O–H groups in total. The SMILES string of the molecule is CC1CNCC(NC(=O)c2ccc(I)cc2)C1. The first-order valence-electron chi connectivity index (χ1n) is 5.92. The van der Waals surface area contributed by atoms with Gasteiger partial charge in [-0.25, -0.2) is 0 Å². The van der Waals surface area contributed by atoms with Crippen LogP contribution in [0.2, 0.25) is 0 Å². The smallest absolute Gasteiger partial charge is 0.251 e. The predicted octanol–water partition coefficient (Wildman–Crippen LogP) is 2.02. The molecule has 92 valence electrons. The molecule has 1 fully saturated rings. The van der Waals surface area contributed by atoms with Crippen molar-refractivity contribution in [3.63, 3.8) is 0 Å². The van der Waals surface area contributed by atoms with Crippen LogP contribution in [0.15, 0.2) is 24.3 Å². The molecule has 3 nitrogen and oxygen atoms in total. The van der Waals surface area contributed by atoms with Crippen LogP contribution in [0.5, 0.6) is 0 Å². The lowest BCUT2D eigenvalue weighted by Crippen LogP contribution is -2.48. The molecular formula is C13H17IN2O. The van der Waals surface area contributed by atoms with Crippen LogP contribution in [0.25, 0.3) is 0 Å². The molecule has 1 saturated heterocycles. The average Bonchev–Trinajstić information content (AvgIpc) is 2.29. The van der Waals surface area contributed by atoms with Gasteiger partial charge in [-0.1, -0.05) is 6.92 Å². The first-order chi connectivity index (χ1) is 8.15. The monoisotopic (exact) mass is 344 g/mol. The third kappa shape index (κ3) is 3.67. The lowest BCUT2D eigenvalue weighted by Gasteiger charge is -2.28. The van der Waals surface area contributed by atoms with Gasteiger partial charge in [-0.15, -0.1) is 0 Å². The number of halogens is 1. The summed E-state index contributed by atoms with van der Waals surface area (Å²) in [6, 6.07) is 7.91. The van der Waals surface area contributed by atoms with E-state index in [1.54, 1.807) is 0 Å². The van der Waals surface area contributed by atoms with Crippen LogP contribution < -0.4 is 10.6 Å². The highest BCUT2D eigenvalue weighted by molar-refractivity contribution is 14.1. The van der Waals surface area contributed by atoms with Crippen LogP contribution >= 0.6 is 22.6 Å². The molecule has 2 atom stereocenters. The van der Waals surface area contributed by atoms with Crippen LogP contribution in [0.3, 0.4) is 0 Å². The molecule has 4 heteroatoms. The van der Waals surface area contributed by atoms with E-state index < -0.39 is 0 Å². The van der Waals surface area contributed by atoms with Crippen molar-refractivity contribution >= 4 is 28.5 Å². The highest BCUT2D eigenvalue weighted by Crippen LogP contribution is 2.11. The van der Waals surface area contributed by atoms with E-state index in [1.165, 1.54) is 0 Å². The number of carbonyl (C=O) groups is 1. The van der Waals surface area contributed by atoms with Crippen LogP contribution in [-0.4, -0.2) is 25.0 Å². The van der Waals surface area contributed by atoms with E-state index >= 15 is 0 Å². The molecule has 2 unspecified atom stereocenters. The Labute approximate surface area is 116 Å². The van der Waals surface area contributed by atoms with E-state index in [2.05, 4.69) is 40.1 Å².